The van der Waals surface area contributed by atoms with Crippen LogP contribution in [0.4, 0.5) is 0 Å². The Morgan fingerprint density at radius 1 is 1.05 bits per heavy atom. The van der Waals surface area contributed by atoms with E-state index in [1.807, 2.05) is 0 Å². The molecule has 4 bridgehead atoms. The van der Waals surface area contributed by atoms with Gasteiger partial charge in [0.1, 0.15) is 0 Å². The average molecular weight is 290 g/mol. The van der Waals surface area contributed by atoms with Crippen molar-refractivity contribution >= 4 is 0 Å². The first-order chi connectivity index (χ1) is 10.2. The highest BCUT2D eigenvalue weighted by Crippen LogP contribution is 2.61. The fraction of sp³-hybridized carbons (Fsp3) is 1.00. The van der Waals surface area contributed by atoms with E-state index in [-0.39, 0.29) is 0 Å². The van der Waals surface area contributed by atoms with Crippen molar-refractivity contribution < 1.29 is 0 Å². The van der Waals surface area contributed by atoms with E-state index in [1.165, 1.54) is 45.4 Å². The van der Waals surface area contributed by atoms with Gasteiger partial charge in [0.05, 0.1) is 0 Å². The predicted molar refractivity (Wildman–Crippen MR) is 88.3 cm³/mol. The first-order valence-corrected chi connectivity index (χ1v) is 9.62. The molecule has 120 valence electrons. The van der Waals surface area contributed by atoms with Crippen molar-refractivity contribution in [1.82, 2.24) is 10.2 Å². The summed E-state index contributed by atoms with van der Waals surface area (Å²) >= 11 is 0. The van der Waals surface area contributed by atoms with Gasteiger partial charge in [-0.2, -0.15) is 0 Å². The summed E-state index contributed by atoms with van der Waals surface area (Å²) in [5.74, 6) is 4.26. The number of piperidine rings is 1. The number of rotatable bonds is 5. The van der Waals surface area contributed by atoms with Gasteiger partial charge in [0.2, 0.25) is 0 Å². The molecular weight excluding hydrogens is 256 g/mol. The average Bonchev–Trinajstić information content (AvgIpc) is 2.45. The summed E-state index contributed by atoms with van der Waals surface area (Å²) in [6.07, 6.45) is 13.9. The number of nitrogens with zero attached hydrogens (tertiary/aromatic N) is 1. The smallest absolute Gasteiger partial charge is 0.00218 e. The molecule has 2 nitrogen and oxygen atoms in total. The molecule has 1 heterocycles. The summed E-state index contributed by atoms with van der Waals surface area (Å²) in [6.45, 7) is 5.33. The van der Waals surface area contributed by atoms with Crippen LogP contribution in [0.2, 0.25) is 0 Å². The van der Waals surface area contributed by atoms with Gasteiger partial charge in [0.15, 0.2) is 0 Å². The van der Waals surface area contributed by atoms with Crippen LogP contribution >= 0.6 is 0 Å². The number of nitrogens with one attached hydrogen (secondary N) is 1. The van der Waals surface area contributed by atoms with Crippen LogP contribution in [0.25, 0.3) is 0 Å². The maximum atomic E-state index is 3.38. The highest BCUT2D eigenvalue weighted by atomic mass is 15.1. The second-order valence-electron chi connectivity index (χ2n) is 9.03. The molecule has 1 unspecified atom stereocenters. The van der Waals surface area contributed by atoms with Crippen molar-refractivity contribution in [2.75, 3.05) is 33.2 Å². The van der Waals surface area contributed by atoms with Gasteiger partial charge in [-0.25, -0.2) is 0 Å². The molecule has 0 amide bonds. The summed E-state index contributed by atoms with van der Waals surface area (Å²) in [6, 6.07) is 0. The molecule has 2 heteroatoms. The van der Waals surface area contributed by atoms with Crippen LogP contribution < -0.4 is 5.32 Å². The summed E-state index contributed by atoms with van der Waals surface area (Å²) < 4.78 is 0. The lowest BCUT2D eigenvalue weighted by Gasteiger charge is -2.57. The topological polar surface area (TPSA) is 15.3 Å². The lowest BCUT2D eigenvalue weighted by Crippen LogP contribution is -2.48. The van der Waals surface area contributed by atoms with E-state index in [0.29, 0.717) is 0 Å². The van der Waals surface area contributed by atoms with Crippen LogP contribution in [0.15, 0.2) is 0 Å². The molecule has 0 spiro atoms. The Labute approximate surface area is 131 Å². The van der Waals surface area contributed by atoms with Crippen LogP contribution in [0, 0.1) is 29.1 Å². The van der Waals surface area contributed by atoms with Crippen molar-refractivity contribution in [3.8, 4) is 0 Å². The van der Waals surface area contributed by atoms with Gasteiger partial charge in [-0.1, -0.05) is 0 Å². The first kappa shape index (κ1) is 14.5. The maximum Gasteiger partial charge on any atom is 0.00218 e. The summed E-state index contributed by atoms with van der Waals surface area (Å²) in [4.78, 5) is 2.80. The number of hydrogen-bond donors (Lipinski definition) is 1. The lowest BCUT2D eigenvalue weighted by atomic mass is 9.49. The van der Waals surface area contributed by atoms with Gasteiger partial charge < -0.3 is 10.2 Å². The largest absolute Gasteiger partial charge is 0.319 e. The van der Waals surface area contributed by atoms with Crippen LogP contribution in [0.1, 0.15) is 57.8 Å². The molecule has 0 aromatic rings. The zero-order chi connectivity index (χ0) is 14.3. The minimum Gasteiger partial charge on any atom is -0.319 e. The fourth-order valence-corrected chi connectivity index (χ4v) is 6.80. The summed E-state index contributed by atoms with van der Waals surface area (Å²) in [7, 11) is 2.11. The SMILES string of the molecule is CNCC1CCCN(CCC23CC4CC(CC(C4)C2)C3)C1. The predicted octanol–water partition coefficient (Wildman–Crippen LogP) is 3.52. The Balaban J connectivity index is 1.32. The van der Waals surface area contributed by atoms with E-state index < -0.39 is 0 Å². The van der Waals surface area contributed by atoms with E-state index in [1.54, 1.807) is 38.5 Å². The molecule has 4 aliphatic carbocycles. The lowest BCUT2D eigenvalue weighted by molar-refractivity contribution is -0.0621. The van der Waals surface area contributed by atoms with Gasteiger partial charge in [0.25, 0.3) is 0 Å². The zero-order valence-electron chi connectivity index (χ0n) is 13.9. The third-order valence-electron chi connectivity index (χ3n) is 7.22. The normalized spacial score (nSPS) is 46.1. The Hall–Kier alpha value is -0.0800. The second kappa shape index (κ2) is 5.85. The minimum atomic E-state index is 0.782. The summed E-state index contributed by atoms with van der Waals surface area (Å²) in [5, 5.41) is 3.38. The number of likely N-dealkylation sites (tertiary alicyclic amines) is 1. The van der Waals surface area contributed by atoms with Crippen molar-refractivity contribution in [2.45, 2.75) is 57.8 Å². The zero-order valence-corrected chi connectivity index (χ0v) is 13.9. The van der Waals surface area contributed by atoms with Gasteiger partial charge in [0, 0.05) is 6.54 Å². The van der Waals surface area contributed by atoms with Crippen molar-refractivity contribution in [2.24, 2.45) is 29.1 Å². The molecule has 1 atom stereocenters. The molecule has 4 saturated carbocycles. The first-order valence-electron chi connectivity index (χ1n) is 9.62. The third-order valence-corrected chi connectivity index (χ3v) is 7.22. The van der Waals surface area contributed by atoms with Gasteiger partial charge in [-0.15, -0.1) is 0 Å². The Kier molecular flexibility index (Phi) is 4.04. The van der Waals surface area contributed by atoms with Crippen LogP contribution in [-0.4, -0.2) is 38.1 Å². The highest BCUT2D eigenvalue weighted by Gasteiger charge is 2.50. The molecule has 5 rings (SSSR count). The van der Waals surface area contributed by atoms with Crippen LogP contribution in [0.5, 0.6) is 0 Å². The van der Waals surface area contributed by atoms with Crippen molar-refractivity contribution in [3.63, 3.8) is 0 Å². The molecule has 5 fully saturated rings. The van der Waals surface area contributed by atoms with Gasteiger partial charge in [-0.3, -0.25) is 0 Å². The molecule has 0 radical (unpaired) electrons. The third kappa shape index (κ3) is 3.03. The molecule has 1 N–H and O–H groups in total. The monoisotopic (exact) mass is 290 g/mol. The van der Waals surface area contributed by atoms with E-state index in [9.17, 15) is 0 Å². The molecular formula is C19H34N2. The maximum absolute atomic E-state index is 3.38. The highest BCUT2D eigenvalue weighted by molar-refractivity contribution is 5.01. The fourth-order valence-electron chi connectivity index (χ4n) is 6.80. The van der Waals surface area contributed by atoms with Crippen molar-refractivity contribution in [3.05, 3.63) is 0 Å². The quantitative estimate of drug-likeness (QED) is 0.833. The molecule has 1 aliphatic heterocycles. The van der Waals surface area contributed by atoms with E-state index in [4.69, 9.17) is 0 Å². The molecule has 1 saturated heterocycles. The van der Waals surface area contributed by atoms with Gasteiger partial charge in [-0.05, 0) is 114 Å². The summed E-state index contributed by atoms with van der Waals surface area (Å²) in [5.41, 5.74) is 0.782. The van der Waals surface area contributed by atoms with E-state index >= 15 is 0 Å². The van der Waals surface area contributed by atoms with Crippen molar-refractivity contribution in [1.29, 1.82) is 0 Å². The Morgan fingerprint density at radius 3 is 2.33 bits per heavy atom. The van der Waals surface area contributed by atoms with E-state index in [0.717, 1.165) is 29.1 Å². The van der Waals surface area contributed by atoms with Gasteiger partial charge >= 0.3 is 0 Å². The molecule has 21 heavy (non-hydrogen) atoms. The Morgan fingerprint density at radius 2 is 1.71 bits per heavy atom. The number of hydrogen-bond acceptors (Lipinski definition) is 2. The standard InChI is InChI=1S/C19H34N2/c1-20-13-15-3-2-5-21(14-15)6-4-19-10-16-7-17(11-19)9-18(8-16)12-19/h15-18,20H,2-14H2,1H3. The molecule has 0 aromatic heterocycles. The van der Waals surface area contributed by atoms with Crippen LogP contribution in [0.3, 0.4) is 0 Å². The molecule has 0 aromatic carbocycles. The van der Waals surface area contributed by atoms with E-state index in [2.05, 4.69) is 17.3 Å². The Bertz CT molecular complexity index is 327. The second-order valence-corrected chi connectivity index (χ2v) is 9.03. The van der Waals surface area contributed by atoms with Crippen LogP contribution in [-0.2, 0) is 0 Å². The minimum absolute atomic E-state index is 0.782. The molecule has 5 aliphatic rings.